The van der Waals surface area contributed by atoms with Crippen LogP contribution in [0, 0.1) is 0 Å². The largest absolute Gasteiger partial charge is 0.481 e. The molecule has 0 amide bonds. The fraction of sp³-hybridized carbons (Fsp3) is 0.462. The number of carbonyl (C=O) groups is 1. The van der Waals surface area contributed by atoms with Gasteiger partial charge in [-0.3, -0.25) is 4.79 Å². The molecule has 0 atom stereocenters. The van der Waals surface area contributed by atoms with Crippen molar-refractivity contribution in [3.63, 3.8) is 0 Å². The number of aliphatic carboxylic acids is 1. The molecule has 1 aliphatic rings. The van der Waals surface area contributed by atoms with Gasteiger partial charge in [-0.1, -0.05) is 24.1 Å². The van der Waals surface area contributed by atoms with E-state index in [4.69, 9.17) is 11.6 Å². The number of anilines is 1. The van der Waals surface area contributed by atoms with E-state index in [1.807, 2.05) is 31.1 Å². The van der Waals surface area contributed by atoms with Gasteiger partial charge >= 0.3 is 5.97 Å². The summed E-state index contributed by atoms with van der Waals surface area (Å²) in [6.45, 7) is 0. The Labute approximate surface area is 106 Å². The predicted octanol–water partition coefficient (Wildman–Crippen LogP) is 2.91. The van der Waals surface area contributed by atoms with Crippen LogP contribution in [-0.2, 0) is 10.2 Å². The molecule has 1 fully saturated rings. The zero-order chi connectivity index (χ0) is 12.6. The summed E-state index contributed by atoms with van der Waals surface area (Å²) in [7, 11) is 3.81. The summed E-state index contributed by atoms with van der Waals surface area (Å²) in [6, 6.07) is 5.55. The van der Waals surface area contributed by atoms with Gasteiger partial charge in [0.15, 0.2) is 0 Å². The van der Waals surface area contributed by atoms with Gasteiger partial charge in [0.1, 0.15) is 0 Å². The highest BCUT2D eigenvalue weighted by Gasteiger charge is 2.48. The summed E-state index contributed by atoms with van der Waals surface area (Å²) in [6.07, 6.45) is 2.30. The molecule has 0 aliphatic heterocycles. The van der Waals surface area contributed by atoms with E-state index in [9.17, 15) is 9.90 Å². The van der Waals surface area contributed by atoms with Crippen LogP contribution < -0.4 is 4.90 Å². The standard InChI is InChI=1S/C13H16ClNO2/c1-15(2)10-6-3-5-9(14)11(10)13(12(16)17)7-4-8-13/h3,5-6H,4,7-8H2,1-2H3,(H,16,17). The predicted molar refractivity (Wildman–Crippen MR) is 68.9 cm³/mol. The molecule has 0 saturated heterocycles. The van der Waals surface area contributed by atoms with E-state index in [-0.39, 0.29) is 0 Å². The van der Waals surface area contributed by atoms with Crippen LogP contribution in [0.1, 0.15) is 24.8 Å². The molecule has 2 rings (SSSR count). The Balaban J connectivity index is 2.61. The van der Waals surface area contributed by atoms with Gasteiger partial charge in [-0.2, -0.15) is 0 Å². The molecule has 0 radical (unpaired) electrons. The SMILES string of the molecule is CN(C)c1cccc(Cl)c1C1(C(=O)O)CCC1. The Morgan fingerprint density at radius 3 is 2.47 bits per heavy atom. The molecule has 17 heavy (non-hydrogen) atoms. The van der Waals surface area contributed by atoms with E-state index in [0.717, 1.165) is 17.7 Å². The lowest BCUT2D eigenvalue weighted by molar-refractivity contribution is -0.147. The van der Waals surface area contributed by atoms with Crippen LogP contribution >= 0.6 is 11.6 Å². The number of hydrogen-bond donors (Lipinski definition) is 1. The van der Waals surface area contributed by atoms with Crippen molar-refractivity contribution in [2.24, 2.45) is 0 Å². The van der Waals surface area contributed by atoms with Crippen LogP contribution in [0.2, 0.25) is 5.02 Å². The van der Waals surface area contributed by atoms with Gasteiger partial charge in [-0.05, 0) is 25.0 Å². The van der Waals surface area contributed by atoms with Crippen molar-refractivity contribution in [3.8, 4) is 0 Å². The fourth-order valence-electron chi connectivity index (χ4n) is 2.46. The minimum absolute atomic E-state index is 0.554. The van der Waals surface area contributed by atoms with Gasteiger partial charge in [0.05, 0.1) is 5.41 Å². The second-order valence-electron chi connectivity index (χ2n) is 4.77. The van der Waals surface area contributed by atoms with Crippen LogP contribution in [-0.4, -0.2) is 25.2 Å². The molecule has 1 aromatic rings. The van der Waals surface area contributed by atoms with Crippen LogP contribution in [0.3, 0.4) is 0 Å². The first kappa shape index (κ1) is 12.2. The number of nitrogens with zero attached hydrogens (tertiary/aromatic N) is 1. The maximum absolute atomic E-state index is 11.6. The van der Waals surface area contributed by atoms with Crippen molar-refractivity contribution in [1.82, 2.24) is 0 Å². The number of hydrogen-bond acceptors (Lipinski definition) is 2. The summed E-state index contributed by atoms with van der Waals surface area (Å²) in [5, 5.41) is 10.0. The maximum atomic E-state index is 11.6. The summed E-state index contributed by atoms with van der Waals surface area (Å²) in [4.78, 5) is 13.5. The summed E-state index contributed by atoms with van der Waals surface area (Å²) in [5.41, 5.74) is 0.891. The molecule has 1 N–H and O–H groups in total. The molecule has 1 aliphatic carbocycles. The first-order valence-corrected chi connectivity index (χ1v) is 6.06. The minimum atomic E-state index is -0.780. The summed E-state index contributed by atoms with van der Waals surface area (Å²) in [5.74, 6) is -0.764. The van der Waals surface area contributed by atoms with E-state index in [0.29, 0.717) is 17.9 Å². The van der Waals surface area contributed by atoms with Crippen molar-refractivity contribution in [2.75, 3.05) is 19.0 Å². The van der Waals surface area contributed by atoms with Crippen LogP contribution in [0.15, 0.2) is 18.2 Å². The third kappa shape index (κ3) is 1.78. The second-order valence-corrected chi connectivity index (χ2v) is 5.18. The number of carboxylic acid groups (broad SMARTS) is 1. The Hall–Kier alpha value is -1.22. The summed E-state index contributed by atoms with van der Waals surface area (Å²) < 4.78 is 0. The number of halogens is 1. The van der Waals surface area contributed by atoms with E-state index < -0.39 is 11.4 Å². The molecule has 4 heteroatoms. The Bertz CT molecular complexity index is 453. The molecule has 0 aromatic heterocycles. The van der Waals surface area contributed by atoms with Crippen molar-refractivity contribution >= 4 is 23.3 Å². The van der Waals surface area contributed by atoms with Gasteiger partial charge in [0.25, 0.3) is 0 Å². The molecular formula is C13H16ClNO2. The van der Waals surface area contributed by atoms with E-state index in [2.05, 4.69) is 0 Å². The minimum Gasteiger partial charge on any atom is -0.481 e. The van der Waals surface area contributed by atoms with Gasteiger partial charge in [-0.25, -0.2) is 0 Å². The molecule has 1 saturated carbocycles. The Morgan fingerprint density at radius 1 is 1.41 bits per heavy atom. The normalized spacial score (nSPS) is 17.4. The van der Waals surface area contributed by atoms with Gasteiger partial charge in [-0.15, -0.1) is 0 Å². The molecular weight excluding hydrogens is 238 g/mol. The molecule has 0 spiro atoms. The first-order valence-electron chi connectivity index (χ1n) is 5.69. The van der Waals surface area contributed by atoms with Gasteiger partial charge < -0.3 is 10.0 Å². The fourth-order valence-corrected chi connectivity index (χ4v) is 2.81. The molecule has 0 bridgehead atoms. The molecule has 3 nitrogen and oxygen atoms in total. The lowest BCUT2D eigenvalue weighted by atomic mass is 9.64. The van der Waals surface area contributed by atoms with Crippen LogP contribution in [0.25, 0.3) is 0 Å². The highest BCUT2D eigenvalue weighted by molar-refractivity contribution is 6.32. The summed E-state index contributed by atoms with van der Waals surface area (Å²) >= 11 is 6.22. The number of benzene rings is 1. The Kier molecular flexibility index (Phi) is 3.04. The van der Waals surface area contributed by atoms with Crippen molar-refractivity contribution in [2.45, 2.75) is 24.7 Å². The third-order valence-corrected chi connectivity index (χ3v) is 3.88. The average Bonchev–Trinajstić information content (AvgIpc) is 2.17. The van der Waals surface area contributed by atoms with Crippen molar-refractivity contribution < 1.29 is 9.90 Å². The smallest absolute Gasteiger partial charge is 0.314 e. The quantitative estimate of drug-likeness (QED) is 0.901. The van der Waals surface area contributed by atoms with Gasteiger partial charge in [0, 0.05) is 30.4 Å². The molecule has 1 aromatic carbocycles. The van der Waals surface area contributed by atoms with E-state index >= 15 is 0 Å². The molecule has 0 unspecified atom stereocenters. The highest BCUT2D eigenvalue weighted by atomic mass is 35.5. The van der Waals surface area contributed by atoms with E-state index in [1.165, 1.54) is 0 Å². The zero-order valence-corrected chi connectivity index (χ0v) is 10.8. The van der Waals surface area contributed by atoms with Crippen LogP contribution in [0.5, 0.6) is 0 Å². The van der Waals surface area contributed by atoms with Crippen molar-refractivity contribution in [1.29, 1.82) is 0 Å². The Morgan fingerprint density at radius 2 is 2.06 bits per heavy atom. The highest BCUT2D eigenvalue weighted by Crippen LogP contribution is 2.49. The molecule has 92 valence electrons. The average molecular weight is 254 g/mol. The monoisotopic (exact) mass is 253 g/mol. The number of rotatable bonds is 3. The lowest BCUT2D eigenvalue weighted by Crippen LogP contribution is -2.43. The number of carboxylic acids is 1. The first-order chi connectivity index (χ1) is 7.99. The maximum Gasteiger partial charge on any atom is 0.314 e. The topological polar surface area (TPSA) is 40.5 Å². The van der Waals surface area contributed by atoms with Gasteiger partial charge in [0.2, 0.25) is 0 Å². The van der Waals surface area contributed by atoms with Crippen LogP contribution in [0.4, 0.5) is 5.69 Å². The van der Waals surface area contributed by atoms with E-state index in [1.54, 1.807) is 6.07 Å². The zero-order valence-electron chi connectivity index (χ0n) is 10.0. The second kappa shape index (κ2) is 4.22. The molecule has 0 heterocycles. The van der Waals surface area contributed by atoms with Crippen molar-refractivity contribution in [3.05, 3.63) is 28.8 Å². The third-order valence-electron chi connectivity index (χ3n) is 3.57. The lowest BCUT2D eigenvalue weighted by Gasteiger charge is -2.40.